The van der Waals surface area contributed by atoms with Gasteiger partial charge in [0.05, 0.1) is 6.61 Å². The predicted molar refractivity (Wildman–Crippen MR) is 82.8 cm³/mol. The molecule has 5 nitrogen and oxygen atoms in total. The Balaban J connectivity index is 2.60. The van der Waals surface area contributed by atoms with Gasteiger partial charge >= 0.3 is 0 Å². The maximum absolute atomic E-state index is 12.3. The van der Waals surface area contributed by atoms with Gasteiger partial charge in [0.25, 0.3) is 5.91 Å². The third kappa shape index (κ3) is 5.36. The number of ether oxygens (including phenoxy) is 3. The molecule has 1 amide bonds. The molecule has 21 heavy (non-hydrogen) atoms. The average molecular weight is 295 g/mol. The first-order chi connectivity index (χ1) is 10.1. The Hall–Kier alpha value is -1.59. The van der Waals surface area contributed by atoms with Gasteiger partial charge in [-0.05, 0) is 44.5 Å². The summed E-state index contributed by atoms with van der Waals surface area (Å²) in [7, 11) is 1.63. The summed E-state index contributed by atoms with van der Waals surface area (Å²) in [6.07, 6.45) is 0.616. The van der Waals surface area contributed by atoms with Crippen molar-refractivity contribution in [3.8, 4) is 5.75 Å². The van der Waals surface area contributed by atoms with Crippen molar-refractivity contribution >= 4 is 11.6 Å². The summed E-state index contributed by atoms with van der Waals surface area (Å²) < 4.78 is 15.9. The largest absolute Gasteiger partial charge is 0.491 e. The van der Waals surface area contributed by atoms with Crippen LogP contribution >= 0.6 is 0 Å². The number of methoxy groups -OCH3 is 1. The summed E-state index contributed by atoms with van der Waals surface area (Å²) in [6, 6.07) is 7.24. The van der Waals surface area contributed by atoms with Crippen molar-refractivity contribution in [2.75, 3.05) is 32.2 Å². The number of hydrogen-bond donors (Lipinski definition) is 1. The predicted octanol–water partition coefficient (Wildman–Crippen LogP) is 2.86. The second kappa shape index (κ2) is 8.64. The van der Waals surface area contributed by atoms with Crippen LogP contribution in [0.25, 0.3) is 0 Å². The van der Waals surface area contributed by atoms with Crippen LogP contribution in [0.4, 0.5) is 5.69 Å². The average Bonchev–Trinajstić information content (AvgIpc) is 2.49. The van der Waals surface area contributed by atoms with E-state index >= 15 is 0 Å². The minimum atomic E-state index is -0.803. The number of benzene rings is 1. The van der Waals surface area contributed by atoms with E-state index in [4.69, 9.17) is 14.2 Å². The fraction of sp³-hybridized carbons (Fsp3) is 0.562. The molecule has 0 bridgehead atoms. The fourth-order valence-corrected chi connectivity index (χ4v) is 1.79. The molecule has 1 aromatic carbocycles. The molecule has 0 unspecified atom stereocenters. The number of carbonyl (C=O) groups is 1. The molecule has 0 heterocycles. The molecular formula is C16H25NO4. The van der Waals surface area contributed by atoms with Gasteiger partial charge in [0.15, 0.2) is 0 Å². The van der Waals surface area contributed by atoms with Crippen molar-refractivity contribution in [2.24, 2.45) is 0 Å². The molecule has 0 saturated carbocycles. The summed E-state index contributed by atoms with van der Waals surface area (Å²) in [5.74, 6) is 0.605. The lowest BCUT2D eigenvalue weighted by Crippen LogP contribution is -2.42. The second-order valence-electron chi connectivity index (χ2n) is 4.84. The molecule has 0 aliphatic heterocycles. The van der Waals surface area contributed by atoms with Crippen molar-refractivity contribution in [2.45, 2.75) is 32.8 Å². The van der Waals surface area contributed by atoms with E-state index < -0.39 is 5.60 Å². The molecule has 5 heteroatoms. The lowest BCUT2D eigenvalue weighted by Gasteiger charge is -2.26. The van der Waals surface area contributed by atoms with Crippen LogP contribution in [0, 0.1) is 0 Å². The monoisotopic (exact) mass is 295 g/mol. The third-order valence-electron chi connectivity index (χ3n) is 3.29. The Bertz CT molecular complexity index is 432. The first-order valence-corrected chi connectivity index (χ1v) is 7.23. The zero-order valence-electron chi connectivity index (χ0n) is 13.3. The first kappa shape index (κ1) is 17.5. The SMILES string of the molecule is CCO[C@@](C)(CC)C(=O)Nc1ccc(OCCOC)cc1. The van der Waals surface area contributed by atoms with Gasteiger partial charge in [-0.3, -0.25) is 4.79 Å². The lowest BCUT2D eigenvalue weighted by molar-refractivity contribution is -0.139. The zero-order chi connectivity index (χ0) is 15.7. The highest BCUT2D eigenvalue weighted by Crippen LogP contribution is 2.20. The van der Waals surface area contributed by atoms with E-state index in [0.717, 1.165) is 11.4 Å². The van der Waals surface area contributed by atoms with Crippen LogP contribution in [0.2, 0.25) is 0 Å². The maximum Gasteiger partial charge on any atom is 0.256 e. The van der Waals surface area contributed by atoms with E-state index in [1.165, 1.54) is 0 Å². The molecule has 0 aromatic heterocycles. The smallest absolute Gasteiger partial charge is 0.256 e. The van der Waals surface area contributed by atoms with Crippen molar-refractivity contribution in [1.29, 1.82) is 0 Å². The van der Waals surface area contributed by atoms with Crippen molar-refractivity contribution in [3.05, 3.63) is 24.3 Å². The van der Waals surface area contributed by atoms with E-state index in [9.17, 15) is 4.79 Å². The van der Waals surface area contributed by atoms with Gasteiger partial charge in [-0.2, -0.15) is 0 Å². The first-order valence-electron chi connectivity index (χ1n) is 7.23. The molecule has 118 valence electrons. The van der Waals surface area contributed by atoms with Crippen molar-refractivity contribution < 1.29 is 19.0 Å². The topological polar surface area (TPSA) is 56.8 Å². The van der Waals surface area contributed by atoms with Crippen LogP contribution < -0.4 is 10.1 Å². The van der Waals surface area contributed by atoms with Crippen LogP contribution in [-0.4, -0.2) is 38.4 Å². The molecule has 1 aromatic rings. The molecule has 0 saturated heterocycles. The van der Waals surface area contributed by atoms with Gasteiger partial charge < -0.3 is 19.5 Å². The maximum atomic E-state index is 12.3. The van der Waals surface area contributed by atoms with E-state index in [-0.39, 0.29) is 5.91 Å². The summed E-state index contributed by atoms with van der Waals surface area (Å²) in [5, 5.41) is 2.87. The number of anilines is 1. The van der Waals surface area contributed by atoms with Gasteiger partial charge in [0.1, 0.15) is 18.0 Å². The van der Waals surface area contributed by atoms with E-state index in [1.54, 1.807) is 14.0 Å². The highest BCUT2D eigenvalue weighted by molar-refractivity contribution is 5.97. The van der Waals surface area contributed by atoms with Crippen LogP contribution in [-0.2, 0) is 14.3 Å². The molecular weight excluding hydrogens is 270 g/mol. The number of hydrogen-bond acceptors (Lipinski definition) is 4. The van der Waals surface area contributed by atoms with Gasteiger partial charge in [-0.25, -0.2) is 0 Å². The van der Waals surface area contributed by atoms with Gasteiger partial charge in [0, 0.05) is 19.4 Å². The van der Waals surface area contributed by atoms with Crippen LogP contribution in [0.15, 0.2) is 24.3 Å². The quantitative estimate of drug-likeness (QED) is 0.712. The molecule has 0 radical (unpaired) electrons. The normalized spacial score (nSPS) is 13.5. The molecule has 1 N–H and O–H groups in total. The lowest BCUT2D eigenvalue weighted by atomic mass is 10.0. The van der Waals surface area contributed by atoms with Crippen molar-refractivity contribution in [1.82, 2.24) is 0 Å². The number of nitrogens with one attached hydrogen (secondary N) is 1. The number of rotatable bonds is 9. The summed E-state index contributed by atoms with van der Waals surface area (Å²) in [5.41, 5.74) is -0.0824. The summed E-state index contributed by atoms with van der Waals surface area (Å²) in [4.78, 5) is 12.3. The molecule has 1 atom stereocenters. The fourth-order valence-electron chi connectivity index (χ4n) is 1.79. The molecule has 0 spiro atoms. The van der Waals surface area contributed by atoms with Crippen LogP contribution in [0.3, 0.4) is 0 Å². The van der Waals surface area contributed by atoms with E-state index in [1.807, 2.05) is 38.1 Å². The van der Waals surface area contributed by atoms with Gasteiger partial charge in [0.2, 0.25) is 0 Å². The van der Waals surface area contributed by atoms with Crippen LogP contribution in [0.5, 0.6) is 5.75 Å². The van der Waals surface area contributed by atoms with Crippen LogP contribution in [0.1, 0.15) is 27.2 Å². The second-order valence-corrected chi connectivity index (χ2v) is 4.84. The van der Waals surface area contributed by atoms with E-state index in [2.05, 4.69) is 5.32 Å². The Morgan fingerprint density at radius 2 is 1.86 bits per heavy atom. The molecule has 0 aliphatic rings. The summed E-state index contributed by atoms with van der Waals surface area (Å²) in [6.45, 7) is 7.16. The van der Waals surface area contributed by atoms with Gasteiger partial charge in [-0.1, -0.05) is 6.92 Å². The van der Waals surface area contributed by atoms with Crippen molar-refractivity contribution in [3.63, 3.8) is 0 Å². The number of carbonyl (C=O) groups excluding carboxylic acids is 1. The highest BCUT2D eigenvalue weighted by atomic mass is 16.5. The third-order valence-corrected chi connectivity index (χ3v) is 3.29. The highest BCUT2D eigenvalue weighted by Gasteiger charge is 2.31. The van der Waals surface area contributed by atoms with Gasteiger partial charge in [-0.15, -0.1) is 0 Å². The minimum absolute atomic E-state index is 0.139. The molecule has 0 fully saturated rings. The Kier molecular flexibility index (Phi) is 7.19. The Morgan fingerprint density at radius 1 is 1.19 bits per heavy atom. The Labute approximate surface area is 126 Å². The zero-order valence-corrected chi connectivity index (χ0v) is 13.3. The Morgan fingerprint density at radius 3 is 2.38 bits per heavy atom. The molecule has 1 rings (SSSR count). The number of amides is 1. The summed E-state index contributed by atoms with van der Waals surface area (Å²) >= 11 is 0. The molecule has 0 aliphatic carbocycles. The van der Waals surface area contributed by atoms with E-state index in [0.29, 0.717) is 26.2 Å². The standard InChI is InChI=1S/C16H25NO4/c1-5-16(3,21-6-2)15(18)17-13-7-9-14(10-8-13)20-12-11-19-4/h7-10H,5-6,11-12H2,1-4H3,(H,17,18)/t16-/m0/s1. The minimum Gasteiger partial charge on any atom is -0.491 e.